The van der Waals surface area contributed by atoms with E-state index >= 15 is 0 Å². The lowest BCUT2D eigenvalue weighted by Crippen LogP contribution is -2.40. The molecule has 11 heteroatoms. The van der Waals surface area contributed by atoms with Gasteiger partial charge in [-0.05, 0) is 60.7 Å². The molecule has 0 unspecified atom stereocenters. The average Bonchev–Trinajstić information content (AvgIpc) is 2.87. The summed E-state index contributed by atoms with van der Waals surface area (Å²) in [5, 5.41) is 3.07. The fourth-order valence-corrected chi connectivity index (χ4v) is 6.92. The lowest BCUT2D eigenvalue weighted by atomic mass is 10.0. The zero-order chi connectivity index (χ0) is 26.2. The number of halogens is 1. The van der Waals surface area contributed by atoms with Crippen molar-refractivity contribution in [2.24, 2.45) is 0 Å². The summed E-state index contributed by atoms with van der Waals surface area (Å²) < 4.78 is 55.5. The van der Waals surface area contributed by atoms with Crippen LogP contribution >= 0.6 is 11.6 Å². The Morgan fingerprint density at radius 2 is 1.49 bits per heavy atom. The lowest BCUT2D eigenvalue weighted by Gasteiger charge is -2.31. The van der Waals surface area contributed by atoms with Crippen LogP contribution in [0.15, 0.2) is 107 Å². The number of hydrogen-bond acceptors (Lipinski definition) is 5. The molecule has 4 aromatic carbocycles. The molecule has 0 radical (unpaired) electrons. The minimum atomic E-state index is -4.01. The highest BCUT2D eigenvalue weighted by molar-refractivity contribution is 7.93. The number of nitrogens with zero attached hydrogens (tertiary/aromatic N) is 1. The number of sulfonamides is 2. The van der Waals surface area contributed by atoms with Crippen molar-refractivity contribution in [3.63, 3.8) is 0 Å². The summed E-state index contributed by atoms with van der Waals surface area (Å²) in [5.74, 6) is -0.595. The Labute approximate surface area is 219 Å². The number of hydrogen-bond donors (Lipinski definition) is 2. The fraction of sp³-hybridized carbons (Fsp3) is 0.0385. The minimum Gasteiger partial charge on any atom is -0.325 e. The normalized spacial score (nSPS) is 13.8. The number of nitrogens with one attached hydrogen (secondary N) is 2. The fourth-order valence-electron chi connectivity index (χ4n) is 4.04. The van der Waals surface area contributed by atoms with Crippen molar-refractivity contribution in [2.75, 3.05) is 20.9 Å². The van der Waals surface area contributed by atoms with E-state index in [-0.39, 0.29) is 9.79 Å². The topological polar surface area (TPSA) is 113 Å². The van der Waals surface area contributed by atoms with Gasteiger partial charge < -0.3 is 5.32 Å². The van der Waals surface area contributed by atoms with Crippen molar-refractivity contribution in [3.8, 4) is 11.1 Å². The van der Waals surface area contributed by atoms with Gasteiger partial charge in [-0.1, -0.05) is 48.0 Å². The molecule has 4 aromatic rings. The van der Waals surface area contributed by atoms with Gasteiger partial charge in [0.25, 0.3) is 20.0 Å². The van der Waals surface area contributed by atoms with Crippen LogP contribution in [0.25, 0.3) is 11.1 Å². The highest BCUT2D eigenvalue weighted by Gasteiger charge is 2.36. The highest BCUT2D eigenvalue weighted by Crippen LogP contribution is 2.43. The molecular weight excluding hydrogens is 534 g/mol. The second-order valence-corrected chi connectivity index (χ2v) is 12.2. The van der Waals surface area contributed by atoms with E-state index in [2.05, 4.69) is 10.0 Å². The van der Waals surface area contributed by atoms with Crippen molar-refractivity contribution >= 4 is 54.6 Å². The first-order chi connectivity index (χ1) is 17.6. The van der Waals surface area contributed by atoms with Crippen LogP contribution in [0.3, 0.4) is 0 Å². The molecular formula is C26H20ClN3O5S2. The molecule has 0 saturated carbocycles. The van der Waals surface area contributed by atoms with E-state index in [1.54, 1.807) is 66.7 Å². The number of benzene rings is 4. The van der Waals surface area contributed by atoms with Gasteiger partial charge in [-0.15, -0.1) is 0 Å². The van der Waals surface area contributed by atoms with Gasteiger partial charge in [0, 0.05) is 27.5 Å². The molecule has 8 nitrogen and oxygen atoms in total. The van der Waals surface area contributed by atoms with Crippen LogP contribution in [0.1, 0.15) is 0 Å². The standard InChI is InChI=1S/C26H20ClN3O5S2/c27-18-10-15-24-23(16-18)22-8-4-5-9-25(22)37(34,35)30(24)17-26(31)28-19-11-13-21(14-12-19)36(32,33)29-20-6-2-1-3-7-20/h1-16,29H,17H2,(H,28,31). The predicted molar refractivity (Wildman–Crippen MR) is 144 cm³/mol. The smallest absolute Gasteiger partial charge is 0.265 e. The predicted octanol–water partition coefficient (Wildman–Crippen LogP) is 4.96. The van der Waals surface area contributed by atoms with Gasteiger partial charge in [0.2, 0.25) is 5.91 Å². The quantitative estimate of drug-likeness (QED) is 0.350. The van der Waals surface area contributed by atoms with Crippen molar-refractivity contribution in [1.29, 1.82) is 0 Å². The molecule has 1 heterocycles. The summed E-state index contributed by atoms with van der Waals surface area (Å²) in [6, 6.07) is 25.4. The molecule has 37 heavy (non-hydrogen) atoms. The van der Waals surface area contributed by atoms with E-state index in [1.165, 1.54) is 30.3 Å². The molecule has 0 saturated heterocycles. The Morgan fingerprint density at radius 1 is 0.811 bits per heavy atom. The maximum Gasteiger partial charge on any atom is 0.265 e. The van der Waals surface area contributed by atoms with E-state index < -0.39 is 32.5 Å². The van der Waals surface area contributed by atoms with E-state index in [9.17, 15) is 21.6 Å². The van der Waals surface area contributed by atoms with E-state index in [0.29, 0.717) is 33.2 Å². The molecule has 5 rings (SSSR count). The van der Waals surface area contributed by atoms with Crippen molar-refractivity contribution in [1.82, 2.24) is 0 Å². The molecule has 0 bridgehead atoms. The number of amides is 1. The molecule has 0 fully saturated rings. The largest absolute Gasteiger partial charge is 0.325 e. The van der Waals surface area contributed by atoms with Gasteiger partial charge in [-0.25, -0.2) is 16.8 Å². The zero-order valence-corrected chi connectivity index (χ0v) is 21.5. The molecule has 0 spiro atoms. The summed E-state index contributed by atoms with van der Waals surface area (Å²) in [5.41, 5.74) is 2.19. The number of carbonyl (C=O) groups excluding carboxylic acids is 1. The summed E-state index contributed by atoms with van der Waals surface area (Å²) in [7, 11) is -7.83. The number of rotatable bonds is 6. The third-order valence-corrected chi connectivity index (χ3v) is 9.18. The molecule has 1 aliphatic heterocycles. The Hall–Kier alpha value is -3.86. The monoisotopic (exact) mass is 553 g/mol. The molecule has 188 valence electrons. The van der Waals surface area contributed by atoms with Crippen LogP contribution in [0.5, 0.6) is 0 Å². The van der Waals surface area contributed by atoms with E-state index in [4.69, 9.17) is 11.6 Å². The molecule has 0 aromatic heterocycles. The minimum absolute atomic E-state index is 0.00961. The number of fused-ring (bicyclic) bond motifs is 3. The first kappa shape index (κ1) is 24.8. The summed E-state index contributed by atoms with van der Waals surface area (Å²) >= 11 is 6.17. The molecule has 0 atom stereocenters. The lowest BCUT2D eigenvalue weighted by molar-refractivity contribution is -0.114. The highest BCUT2D eigenvalue weighted by atomic mass is 35.5. The van der Waals surface area contributed by atoms with Crippen LogP contribution in [0.2, 0.25) is 5.02 Å². The van der Waals surface area contributed by atoms with Crippen molar-refractivity contribution in [2.45, 2.75) is 9.79 Å². The molecule has 1 aliphatic rings. The van der Waals surface area contributed by atoms with Crippen LogP contribution in [-0.4, -0.2) is 29.3 Å². The van der Waals surface area contributed by atoms with Crippen LogP contribution in [0.4, 0.5) is 17.1 Å². The Morgan fingerprint density at radius 3 is 2.22 bits per heavy atom. The SMILES string of the molecule is O=C(CN1c2ccc(Cl)cc2-c2ccccc2S1(=O)=O)Nc1ccc(S(=O)(=O)Nc2ccccc2)cc1. The molecule has 2 N–H and O–H groups in total. The van der Waals surface area contributed by atoms with Crippen molar-refractivity contribution < 1.29 is 21.6 Å². The first-order valence-electron chi connectivity index (χ1n) is 11.0. The van der Waals surface area contributed by atoms with Gasteiger partial charge in [0.05, 0.1) is 15.5 Å². The Balaban J connectivity index is 1.36. The first-order valence-corrected chi connectivity index (χ1v) is 14.3. The van der Waals surface area contributed by atoms with Crippen molar-refractivity contribution in [3.05, 3.63) is 102 Å². The molecule has 0 aliphatic carbocycles. The summed E-state index contributed by atoms with van der Waals surface area (Å²) in [4.78, 5) is 13.0. The second kappa shape index (κ2) is 9.55. The van der Waals surface area contributed by atoms with Crippen LogP contribution in [0, 0.1) is 0 Å². The van der Waals surface area contributed by atoms with Crippen LogP contribution in [-0.2, 0) is 24.8 Å². The Bertz CT molecular complexity index is 1710. The Kier molecular flexibility index (Phi) is 6.40. The third kappa shape index (κ3) is 4.91. The second-order valence-electron chi connectivity index (χ2n) is 8.21. The number of carbonyl (C=O) groups is 1. The van der Waals surface area contributed by atoms with E-state index in [0.717, 1.165) is 4.31 Å². The average molecular weight is 554 g/mol. The van der Waals surface area contributed by atoms with Gasteiger partial charge in [0.15, 0.2) is 0 Å². The van der Waals surface area contributed by atoms with Crippen LogP contribution < -0.4 is 14.3 Å². The summed E-state index contributed by atoms with van der Waals surface area (Å²) in [6.07, 6.45) is 0. The maximum absolute atomic E-state index is 13.4. The third-order valence-electron chi connectivity index (χ3n) is 5.73. The summed E-state index contributed by atoms with van der Waals surface area (Å²) in [6.45, 7) is -0.485. The van der Waals surface area contributed by atoms with Gasteiger partial charge in [-0.2, -0.15) is 0 Å². The zero-order valence-electron chi connectivity index (χ0n) is 19.1. The van der Waals surface area contributed by atoms with Gasteiger partial charge in [-0.3, -0.25) is 13.8 Å². The van der Waals surface area contributed by atoms with Gasteiger partial charge in [0.1, 0.15) is 6.54 Å². The maximum atomic E-state index is 13.4. The number of para-hydroxylation sites is 1. The number of anilines is 3. The molecule has 1 amide bonds. The van der Waals surface area contributed by atoms with E-state index in [1.807, 2.05) is 0 Å². The van der Waals surface area contributed by atoms with Gasteiger partial charge >= 0.3 is 0 Å².